The van der Waals surface area contributed by atoms with E-state index in [1.54, 1.807) is 11.1 Å². The molecule has 1 rings (SSSR count). The highest BCUT2D eigenvalue weighted by molar-refractivity contribution is 5.81. The highest BCUT2D eigenvalue weighted by Gasteiger charge is 2.17. The van der Waals surface area contributed by atoms with Crippen LogP contribution in [0.25, 0.3) is 0 Å². The van der Waals surface area contributed by atoms with Gasteiger partial charge in [0.25, 0.3) is 0 Å². The molecule has 1 unspecified atom stereocenters. The largest absolute Gasteiger partial charge is 0.445 e. The van der Waals surface area contributed by atoms with E-state index >= 15 is 0 Å². The van der Waals surface area contributed by atoms with Crippen LogP contribution in [0.4, 0.5) is 0 Å². The van der Waals surface area contributed by atoms with Crippen molar-refractivity contribution in [2.24, 2.45) is 0 Å². The number of hydrogen-bond donors (Lipinski definition) is 1. The number of hydrogen-bond acceptors (Lipinski definition) is 4. The standard InChI is InChI=1S/C12H21N3O2/c1-5-15(6-2)12(16)10(4)13-8-11-14-7-9(3)17-11/h7,10,13H,5-6,8H2,1-4H3. The number of amides is 1. The summed E-state index contributed by atoms with van der Waals surface area (Å²) in [4.78, 5) is 17.8. The van der Waals surface area contributed by atoms with Crippen molar-refractivity contribution in [2.45, 2.75) is 40.3 Å². The maximum absolute atomic E-state index is 11.9. The van der Waals surface area contributed by atoms with Gasteiger partial charge in [-0.05, 0) is 27.7 Å². The van der Waals surface area contributed by atoms with Gasteiger partial charge >= 0.3 is 0 Å². The van der Waals surface area contributed by atoms with E-state index in [0.717, 1.165) is 18.8 Å². The van der Waals surface area contributed by atoms with Crippen molar-refractivity contribution >= 4 is 5.91 Å². The summed E-state index contributed by atoms with van der Waals surface area (Å²) in [7, 11) is 0. The molecule has 0 aliphatic heterocycles. The highest BCUT2D eigenvalue weighted by Crippen LogP contribution is 2.02. The zero-order valence-electron chi connectivity index (χ0n) is 11.0. The van der Waals surface area contributed by atoms with Crippen molar-refractivity contribution in [2.75, 3.05) is 13.1 Å². The van der Waals surface area contributed by atoms with Crippen molar-refractivity contribution in [3.8, 4) is 0 Å². The van der Waals surface area contributed by atoms with E-state index in [1.807, 2.05) is 27.7 Å². The van der Waals surface area contributed by atoms with Gasteiger partial charge < -0.3 is 9.32 Å². The predicted octanol–water partition coefficient (Wildman–Crippen LogP) is 1.33. The molecule has 1 N–H and O–H groups in total. The fourth-order valence-corrected chi connectivity index (χ4v) is 1.62. The molecule has 5 nitrogen and oxygen atoms in total. The third kappa shape index (κ3) is 3.85. The summed E-state index contributed by atoms with van der Waals surface area (Å²) in [6.45, 7) is 9.61. The quantitative estimate of drug-likeness (QED) is 0.813. The second-order valence-corrected chi connectivity index (χ2v) is 3.98. The summed E-state index contributed by atoms with van der Waals surface area (Å²) >= 11 is 0. The highest BCUT2D eigenvalue weighted by atomic mass is 16.4. The minimum Gasteiger partial charge on any atom is -0.445 e. The molecule has 1 aromatic heterocycles. The molecule has 1 aromatic rings. The number of likely N-dealkylation sites (N-methyl/N-ethyl adjacent to an activating group) is 1. The number of nitrogens with zero attached hydrogens (tertiary/aromatic N) is 2. The van der Waals surface area contributed by atoms with Crippen LogP contribution in [-0.4, -0.2) is 34.9 Å². The van der Waals surface area contributed by atoms with E-state index < -0.39 is 0 Å². The van der Waals surface area contributed by atoms with Gasteiger partial charge in [0.1, 0.15) is 5.76 Å². The van der Waals surface area contributed by atoms with E-state index in [1.165, 1.54) is 0 Å². The van der Waals surface area contributed by atoms with Crippen LogP contribution in [-0.2, 0) is 11.3 Å². The van der Waals surface area contributed by atoms with Crippen LogP contribution in [0.3, 0.4) is 0 Å². The Kier molecular flexibility index (Phi) is 5.15. The molecule has 0 spiro atoms. The number of carbonyl (C=O) groups excluding carboxylic acids is 1. The molecule has 0 aromatic carbocycles. The molecule has 0 radical (unpaired) electrons. The van der Waals surface area contributed by atoms with Crippen molar-refractivity contribution in [3.63, 3.8) is 0 Å². The first-order valence-electron chi connectivity index (χ1n) is 6.01. The minimum atomic E-state index is -0.220. The molecule has 0 bridgehead atoms. The molecule has 1 heterocycles. The van der Waals surface area contributed by atoms with Crippen molar-refractivity contribution in [3.05, 3.63) is 17.8 Å². The van der Waals surface area contributed by atoms with E-state index in [2.05, 4.69) is 10.3 Å². The monoisotopic (exact) mass is 239 g/mol. The van der Waals surface area contributed by atoms with Crippen molar-refractivity contribution < 1.29 is 9.21 Å². The third-order valence-electron chi connectivity index (χ3n) is 2.67. The molecule has 1 amide bonds. The topological polar surface area (TPSA) is 58.4 Å². The summed E-state index contributed by atoms with van der Waals surface area (Å²) in [6.07, 6.45) is 1.67. The first-order valence-corrected chi connectivity index (χ1v) is 6.01. The molecule has 0 aliphatic rings. The summed E-state index contributed by atoms with van der Waals surface area (Å²) < 4.78 is 5.33. The zero-order chi connectivity index (χ0) is 12.8. The lowest BCUT2D eigenvalue weighted by molar-refractivity contribution is -0.132. The zero-order valence-corrected chi connectivity index (χ0v) is 11.0. The Balaban J connectivity index is 2.43. The molecule has 0 saturated carbocycles. The average molecular weight is 239 g/mol. The van der Waals surface area contributed by atoms with Crippen LogP contribution in [0.1, 0.15) is 32.4 Å². The second kappa shape index (κ2) is 6.39. The number of aryl methyl sites for hydroxylation is 1. The Morgan fingerprint density at radius 2 is 2.18 bits per heavy atom. The SMILES string of the molecule is CCN(CC)C(=O)C(C)NCc1ncc(C)o1. The van der Waals surface area contributed by atoms with Gasteiger partial charge in [0, 0.05) is 13.1 Å². The molecule has 5 heteroatoms. The van der Waals surface area contributed by atoms with Gasteiger partial charge in [0.15, 0.2) is 0 Å². The summed E-state index contributed by atoms with van der Waals surface area (Å²) in [6, 6.07) is -0.220. The summed E-state index contributed by atoms with van der Waals surface area (Å²) in [5.41, 5.74) is 0. The minimum absolute atomic E-state index is 0.110. The van der Waals surface area contributed by atoms with Crippen LogP contribution >= 0.6 is 0 Å². The van der Waals surface area contributed by atoms with Crippen LogP contribution in [0.2, 0.25) is 0 Å². The molecule has 96 valence electrons. The number of nitrogens with one attached hydrogen (secondary N) is 1. The Morgan fingerprint density at radius 3 is 2.65 bits per heavy atom. The molecule has 0 fully saturated rings. The van der Waals surface area contributed by atoms with Gasteiger partial charge in [-0.3, -0.25) is 10.1 Å². The lowest BCUT2D eigenvalue weighted by atomic mass is 10.3. The normalized spacial score (nSPS) is 12.5. The third-order valence-corrected chi connectivity index (χ3v) is 2.67. The van der Waals surface area contributed by atoms with Crippen LogP contribution in [0.5, 0.6) is 0 Å². The van der Waals surface area contributed by atoms with Gasteiger partial charge in [-0.2, -0.15) is 0 Å². The van der Waals surface area contributed by atoms with Gasteiger partial charge in [-0.15, -0.1) is 0 Å². The van der Waals surface area contributed by atoms with Crippen LogP contribution < -0.4 is 5.32 Å². The molecular weight excluding hydrogens is 218 g/mol. The molecular formula is C12H21N3O2. The fourth-order valence-electron chi connectivity index (χ4n) is 1.62. The lowest BCUT2D eigenvalue weighted by Gasteiger charge is -2.23. The average Bonchev–Trinajstić information content (AvgIpc) is 2.73. The predicted molar refractivity (Wildman–Crippen MR) is 65.5 cm³/mol. The summed E-state index contributed by atoms with van der Waals surface area (Å²) in [5.74, 6) is 1.50. The van der Waals surface area contributed by atoms with E-state index in [0.29, 0.717) is 12.4 Å². The fraction of sp³-hybridized carbons (Fsp3) is 0.667. The smallest absolute Gasteiger partial charge is 0.239 e. The number of carbonyl (C=O) groups is 1. The van der Waals surface area contributed by atoms with E-state index in [-0.39, 0.29) is 11.9 Å². The molecule has 17 heavy (non-hydrogen) atoms. The number of oxazole rings is 1. The van der Waals surface area contributed by atoms with Gasteiger partial charge in [-0.1, -0.05) is 0 Å². The van der Waals surface area contributed by atoms with Gasteiger partial charge in [0.2, 0.25) is 11.8 Å². The second-order valence-electron chi connectivity index (χ2n) is 3.98. The Bertz CT molecular complexity index is 358. The number of aromatic nitrogens is 1. The molecule has 0 saturated heterocycles. The van der Waals surface area contributed by atoms with Crippen LogP contribution in [0.15, 0.2) is 10.6 Å². The lowest BCUT2D eigenvalue weighted by Crippen LogP contribution is -2.44. The van der Waals surface area contributed by atoms with Crippen molar-refractivity contribution in [1.29, 1.82) is 0 Å². The van der Waals surface area contributed by atoms with E-state index in [9.17, 15) is 4.79 Å². The number of rotatable bonds is 6. The first kappa shape index (κ1) is 13.7. The molecule has 1 atom stereocenters. The van der Waals surface area contributed by atoms with Crippen molar-refractivity contribution in [1.82, 2.24) is 15.2 Å². The maximum Gasteiger partial charge on any atom is 0.239 e. The van der Waals surface area contributed by atoms with Gasteiger partial charge in [-0.25, -0.2) is 4.98 Å². The first-order chi connectivity index (χ1) is 8.08. The van der Waals surface area contributed by atoms with Gasteiger partial charge in [0.05, 0.1) is 18.8 Å². The van der Waals surface area contributed by atoms with Crippen LogP contribution in [0, 0.1) is 6.92 Å². The summed E-state index contributed by atoms with van der Waals surface area (Å²) in [5, 5.41) is 3.11. The van der Waals surface area contributed by atoms with E-state index in [4.69, 9.17) is 4.42 Å². The Morgan fingerprint density at radius 1 is 1.53 bits per heavy atom. The molecule has 0 aliphatic carbocycles. The maximum atomic E-state index is 11.9. The Labute approximate surface area is 102 Å². The Hall–Kier alpha value is -1.36.